The first kappa shape index (κ1) is 22.3. The lowest BCUT2D eigenvalue weighted by atomic mass is 10.1. The van der Waals surface area contributed by atoms with Crippen LogP contribution in [0.5, 0.6) is 0 Å². The van der Waals surface area contributed by atoms with Crippen LogP contribution in [0.4, 0.5) is 4.39 Å². The Balaban J connectivity index is 2.30. The van der Waals surface area contributed by atoms with Crippen molar-refractivity contribution in [2.75, 3.05) is 0 Å². The fraction of sp³-hybridized carbons (Fsp3) is 0.333. The molecule has 6 heteroatoms. The first-order chi connectivity index (χ1) is 12.9. The first-order valence-electron chi connectivity index (χ1n) is 8.66. The van der Waals surface area contributed by atoms with Gasteiger partial charge in [0.1, 0.15) is 11.9 Å². The maximum absolute atomic E-state index is 12.8. The molecule has 1 amide bonds. The Morgan fingerprint density at radius 3 is 2.67 bits per heavy atom. The van der Waals surface area contributed by atoms with Crippen LogP contribution in [0.15, 0.2) is 48.6 Å². The van der Waals surface area contributed by atoms with E-state index in [0.29, 0.717) is 19.3 Å². The summed E-state index contributed by atoms with van der Waals surface area (Å²) in [5.41, 5.74) is 0.829. The zero-order valence-electron chi connectivity index (χ0n) is 15.2. The summed E-state index contributed by atoms with van der Waals surface area (Å²) in [6, 6.07) is 5.94. The Hall–Kier alpha value is -2.75. The zero-order valence-corrected chi connectivity index (χ0v) is 15.2. The third-order valence-electron chi connectivity index (χ3n) is 3.58. The third-order valence-corrected chi connectivity index (χ3v) is 3.58. The molecule has 1 aromatic carbocycles. The average Bonchev–Trinajstić information content (AvgIpc) is 2.65. The number of benzene rings is 1. The summed E-state index contributed by atoms with van der Waals surface area (Å²) in [6.45, 7) is 1.48. The van der Waals surface area contributed by atoms with E-state index in [1.165, 1.54) is 25.1 Å². The van der Waals surface area contributed by atoms with Gasteiger partial charge in [0.05, 0.1) is 12.5 Å². The predicted octanol–water partition coefficient (Wildman–Crippen LogP) is 2.50. The molecule has 2 atom stereocenters. The Labute approximate surface area is 158 Å². The number of nitrogens with zero attached hydrogens (tertiary/aromatic N) is 1. The highest BCUT2D eigenvalue weighted by atomic mass is 19.1. The molecule has 0 aromatic heterocycles. The number of aliphatic hydroxyl groups is 2. The molecule has 27 heavy (non-hydrogen) atoms. The van der Waals surface area contributed by atoms with Crippen LogP contribution in [0.25, 0.3) is 0 Å². The Morgan fingerprint density at radius 1 is 1.30 bits per heavy atom. The van der Waals surface area contributed by atoms with E-state index in [2.05, 4.69) is 11.8 Å². The SMILES string of the molecule is C/C=[N+](\[O-])C(=O)CCC[C@H](O)C#C/C=C/C=C/[C@H](O)Cc1ccc(F)cc1. The molecule has 1 aromatic rings. The number of carbonyl (C=O) groups is 1. The van der Waals surface area contributed by atoms with Gasteiger partial charge in [-0.05, 0) is 36.6 Å². The van der Waals surface area contributed by atoms with Crippen LogP contribution in [-0.4, -0.2) is 39.3 Å². The second-order valence-electron chi connectivity index (χ2n) is 5.82. The lowest BCUT2D eigenvalue weighted by Crippen LogP contribution is -2.15. The minimum atomic E-state index is -0.874. The van der Waals surface area contributed by atoms with E-state index in [4.69, 9.17) is 0 Å². The van der Waals surface area contributed by atoms with Crippen molar-refractivity contribution in [3.05, 3.63) is 65.2 Å². The van der Waals surface area contributed by atoms with Gasteiger partial charge in [-0.25, -0.2) is 9.18 Å². The topological polar surface area (TPSA) is 83.6 Å². The molecule has 1 rings (SSSR count). The Bertz CT molecular complexity index is 742. The summed E-state index contributed by atoms with van der Waals surface area (Å²) < 4.78 is 13.1. The molecule has 0 fully saturated rings. The second kappa shape index (κ2) is 12.6. The van der Waals surface area contributed by atoms with E-state index in [1.54, 1.807) is 30.4 Å². The zero-order chi connectivity index (χ0) is 20.1. The number of hydrogen-bond donors (Lipinski definition) is 2. The van der Waals surface area contributed by atoms with Crippen LogP contribution >= 0.6 is 0 Å². The van der Waals surface area contributed by atoms with Crippen LogP contribution in [0.2, 0.25) is 0 Å². The van der Waals surface area contributed by atoms with Crippen molar-refractivity contribution < 1.29 is 24.1 Å². The van der Waals surface area contributed by atoms with Gasteiger partial charge in [-0.1, -0.05) is 42.2 Å². The van der Waals surface area contributed by atoms with Crippen LogP contribution in [-0.2, 0) is 11.2 Å². The number of rotatable bonds is 8. The minimum absolute atomic E-state index is 0.0666. The number of hydrogen-bond acceptors (Lipinski definition) is 4. The largest absolute Gasteiger partial charge is 0.616 e. The highest BCUT2D eigenvalue weighted by Gasteiger charge is 2.10. The van der Waals surface area contributed by atoms with Crippen molar-refractivity contribution in [2.24, 2.45) is 0 Å². The molecule has 144 valence electrons. The number of halogens is 1. The van der Waals surface area contributed by atoms with Crippen LogP contribution in [0, 0.1) is 22.9 Å². The molecule has 0 bridgehead atoms. The summed E-state index contributed by atoms with van der Waals surface area (Å²) >= 11 is 0. The molecule has 5 nitrogen and oxygen atoms in total. The number of amides is 1. The van der Waals surface area contributed by atoms with Gasteiger partial charge < -0.3 is 15.4 Å². The van der Waals surface area contributed by atoms with Gasteiger partial charge in [-0.15, -0.1) is 4.74 Å². The van der Waals surface area contributed by atoms with Crippen molar-refractivity contribution in [3.63, 3.8) is 0 Å². The molecule has 0 saturated heterocycles. The lowest BCUT2D eigenvalue weighted by Gasteiger charge is -2.04. The first-order valence-corrected chi connectivity index (χ1v) is 8.66. The van der Waals surface area contributed by atoms with Gasteiger partial charge in [0.25, 0.3) is 0 Å². The summed E-state index contributed by atoms with van der Waals surface area (Å²) in [6.07, 6.45) is 7.08. The average molecular weight is 373 g/mol. The fourth-order valence-electron chi connectivity index (χ4n) is 2.14. The number of allylic oxidation sites excluding steroid dienone is 3. The van der Waals surface area contributed by atoms with E-state index in [-0.39, 0.29) is 17.0 Å². The fourth-order valence-corrected chi connectivity index (χ4v) is 2.14. The van der Waals surface area contributed by atoms with Crippen LogP contribution in [0.3, 0.4) is 0 Å². The van der Waals surface area contributed by atoms with Crippen molar-refractivity contribution in [2.45, 2.75) is 44.8 Å². The van der Waals surface area contributed by atoms with E-state index in [0.717, 1.165) is 11.8 Å². The van der Waals surface area contributed by atoms with Gasteiger partial charge in [0.15, 0.2) is 6.21 Å². The molecule has 0 aliphatic carbocycles. The second-order valence-corrected chi connectivity index (χ2v) is 5.82. The van der Waals surface area contributed by atoms with Gasteiger partial charge in [-0.2, -0.15) is 0 Å². The maximum atomic E-state index is 12.8. The van der Waals surface area contributed by atoms with Crippen molar-refractivity contribution in [3.8, 4) is 11.8 Å². The van der Waals surface area contributed by atoms with Gasteiger partial charge in [0.2, 0.25) is 0 Å². The number of aliphatic hydroxyl groups excluding tert-OH is 2. The molecule has 0 saturated carbocycles. The quantitative estimate of drug-likeness (QED) is 0.183. The molecule has 0 heterocycles. The normalized spacial score (nSPS) is 14.1. The standard InChI is InChI=1S/C21H24FNO4/c1-2-23(27)21(26)11-7-10-19(24)8-5-3-4-6-9-20(25)16-17-12-14-18(22)15-13-17/h2-4,6,9,12-15,19-20,24-25H,7,10-11,16H2,1H3/b4-3+,9-6+,23-2-/t19-,20+/m1/s1. The van der Waals surface area contributed by atoms with Gasteiger partial charge in [-0.3, -0.25) is 0 Å². The summed E-state index contributed by atoms with van der Waals surface area (Å²) in [5.74, 6) is 4.42. The van der Waals surface area contributed by atoms with E-state index in [9.17, 15) is 24.6 Å². The van der Waals surface area contributed by atoms with E-state index in [1.807, 2.05) is 0 Å². The molecule has 2 N–H and O–H groups in total. The van der Waals surface area contributed by atoms with E-state index < -0.39 is 18.1 Å². The predicted molar refractivity (Wildman–Crippen MR) is 102 cm³/mol. The van der Waals surface area contributed by atoms with Crippen LogP contribution < -0.4 is 0 Å². The van der Waals surface area contributed by atoms with Crippen molar-refractivity contribution in [1.82, 2.24) is 0 Å². The Kier molecular flexibility index (Phi) is 10.4. The maximum Gasteiger partial charge on any atom is 0.397 e. The van der Waals surface area contributed by atoms with Crippen LogP contribution in [0.1, 0.15) is 31.7 Å². The Morgan fingerprint density at radius 2 is 2.00 bits per heavy atom. The van der Waals surface area contributed by atoms with Crippen molar-refractivity contribution >= 4 is 12.1 Å². The van der Waals surface area contributed by atoms with E-state index >= 15 is 0 Å². The summed E-state index contributed by atoms with van der Waals surface area (Å²) in [5, 5.41) is 30.5. The molecule has 0 radical (unpaired) electrons. The van der Waals surface area contributed by atoms with Gasteiger partial charge in [0, 0.05) is 13.3 Å². The minimum Gasteiger partial charge on any atom is -0.616 e. The van der Waals surface area contributed by atoms with Gasteiger partial charge >= 0.3 is 5.91 Å². The van der Waals surface area contributed by atoms with Crippen molar-refractivity contribution in [1.29, 1.82) is 0 Å². The molecular formula is C21H24FNO4. The summed E-state index contributed by atoms with van der Waals surface area (Å²) in [7, 11) is 0. The third kappa shape index (κ3) is 10.1. The smallest absolute Gasteiger partial charge is 0.397 e. The monoisotopic (exact) mass is 373 g/mol. The lowest BCUT2D eigenvalue weighted by molar-refractivity contribution is -0.378. The molecule has 0 aliphatic heterocycles. The molecular weight excluding hydrogens is 349 g/mol. The number of carbonyl (C=O) groups excluding carboxylic acids is 1. The highest BCUT2D eigenvalue weighted by molar-refractivity contribution is 5.71. The number of hydroxylamine groups is 1. The molecule has 0 unspecified atom stereocenters. The summed E-state index contributed by atoms with van der Waals surface area (Å²) in [4.78, 5) is 11.3. The molecule has 0 spiro atoms. The highest BCUT2D eigenvalue weighted by Crippen LogP contribution is 2.06. The molecule has 0 aliphatic rings.